The first-order chi connectivity index (χ1) is 8.27. The first-order valence-corrected chi connectivity index (χ1v) is 5.28. The topological polar surface area (TPSA) is 57.6 Å². The van der Waals surface area contributed by atoms with Gasteiger partial charge in [0.15, 0.2) is 5.82 Å². The highest BCUT2D eigenvalue weighted by molar-refractivity contribution is 6.31. The van der Waals surface area contributed by atoms with Crippen molar-refractivity contribution >= 4 is 23.5 Å². The van der Waals surface area contributed by atoms with Crippen LogP contribution in [-0.2, 0) is 4.79 Å². The molecule has 0 spiro atoms. The molecule has 1 aromatic rings. The van der Waals surface area contributed by atoms with Gasteiger partial charge in [-0.05, 0) is 19.1 Å². The zero-order valence-electron chi connectivity index (χ0n) is 9.58. The minimum Gasteiger partial charge on any atom is -0.480 e. The second-order valence-electron chi connectivity index (χ2n) is 3.65. The number of amides is 1. The van der Waals surface area contributed by atoms with Crippen molar-refractivity contribution in [1.29, 1.82) is 0 Å². The van der Waals surface area contributed by atoms with Gasteiger partial charge in [0.05, 0.1) is 5.56 Å². The lowest BCUT2D eigenvalue weighted by Gasteiger charge is -2.21. The fraction of sp³-hybridized carbons (Fsp3) is 0.273. The number of rotatable bonds is 3. The summed E-state index contributed by atoms with van der Waals surface area (Å²) in [6, 6.07) is 0.628. The number of carbonyl (C=O) groups excluding carboxylic acids is 1. The molecule has 1 unspecified atom stereocenters. The molecule has 1 amide bonds. The molecule has 0 fully saturated rings. The molecular formula is C11H10ClF2NO3. The number of carboxylic acid groups (broad SMARTS) is 1. The second kappa shape index (κ2) is 5.30. The summed E-state index contributed by atoms with van der Waals surface area (Å²) in [4.78, 5) is 23.4. The minimum atomic E-state index is -1.24. The van der Waals surface area contributed by atoms with Crippen molar-refractivity contribution in [2.24, 2.45) is 0 Å². The number of halogens is 3. The number of hydrogen-bond donors (Lipinski definition) is 1. The van der Waals surface area contributed by atoms with Crippen molar-refractivity contribution in [3.05, 3.63) is 34.4 Å². The summed E-state index contributed by atoms with van der Waals surface area (Å²) in [7, 11) is 1.21. The van der Waals surface area contributed by atoms with Gasteiger partial charge < -0.3 is 10.0 Å². The number of hydrogen-bond acceptors (Lipinski definition) is 2. The number of carboxylic acids is 1. The van der Waals surface area contributed by atoms with Crippen molar-refractivity contribution in [1.82, 2.24) is 4.90 Å². The number of nitrogens with zero attached hydrogens (tertiary/aromatic N) is 1. The van der Waals surface area contributed by atoms with Gasteiger partial charge in [-0.1, -0.05) is 11.6 Å². The van der Waals surface area contributed by atoms with Crippen molar-refractivity contribution in [2.75, 3.05) is 7.05 Å². The maximum atomic E-state index is 13.6. The monoisotopic (exact) mass is 277 g/mol. The third kappa shape index (κ3) is 2.59. The normalized spacial score (nSPS) is 12.1. The Balaban J connectivity index is 3.12. The van der Waals surface area contributed by atoms with Gasteiger partial charge in [-0.2, -0.15) is 0 Å². The van der Waals surface area contributed by atoms with Crippen LogP contribution >= 0.6 is 11.6 Å². The lowest BCUT2D eigenvalue weighted by atomic mass is 10.1. The molecule has 0 aliphatic carbocycles. The molecule has 1 rings (SSSR count). The predicted molar refractivity (Wildman–Crippen MR) is 60.6 cm³/mol. The number of benzene rings is 1. The molecule has 1 aromatic carbocycles. The summed E-state index contributed by atoms with van der Waals surface area (Å²) in [5.74, 6) is -4.31. The largest absolute Gasteiger partial charge is 0.480 e. The Labute approximate surface area is 107 Å². The zero-order chi connectivity index (χ0) is 14.0. The highest BCUT2D eigenvalue weighted by atomic mass is 35.5. The first-order valence-electron chi connectivity index (χ1n) is 4.90. The molecule has 0 radical (unpaired) electrons. The zero-order valence-corrected chi connectivity index (χ0v) is 10.3. The van der Waals surface area contributed by atoms with E-state index < -0.39 is 40.1 Å². The van der Waals surface area contributed by atoms with Crippen molar-refractivity contribution in [2.45, 2.75) is 13.0 Å². The van der Waals surface area contributed by atoms with Gasteiger partial charge >= 0.3 is 5.97 Å². The summed E-state index contributed by atoms with van der Waals surface area (Å²) in [6.07, 6.45) is 0. The molecule has 0 saturated heterocycles. The van der Waals surface area contributed by atoms with Gasteiger partial charge in [0, 0.05) is 7.05 Å². The average molecular weight is 278 g/mol. The van der Waals surface area contributed by atoms with Crippen LogP contribution in [0.2, 0.25) is 5.02 Å². The summed E-state index contributed by atoms with van der Waals surface area (Å²) in [5.41, 5.74) is -0.475. The average Bonchev–Trinajstić information content (AvgIpc) is 2.33. The third-order valence-electron chi connectivity index (χ3n) is 2.52. The Kier molecular flexibility index (Phi) is 4.24. The van der Waals surface area contributed by atoms with Gasteiger partial charge in [-0.3, -0.25) is 4.79 Å². The van der Waals surface area contributed by atoms with Crippen molar-refractivity contribution < 1.29 is 23.5 Å². The highest BCUT2D eigenvalue weighted by Gasteiger charge is 2.26. The summed E-state index contributed by atoms with van der Waals surface area (Å²) < 4.78 is 26.5. The van der Waals surface area contributed by atoms with Gasteiger partial charge in [0.25, 0.3) is 5.91 Å². The Morgan fingerprint density at radius 1 is 1.39 bits per heavy atom. The quantitative estimate of drug-likeness (QED) is 0.862. The van der Waals surface area contributed by atoms with E-state index >= 15 is 0 Å². The van der Waals surface area contributed by atoms with Gasteiger partial charge in [0.1, 0.15) is 16.9 Å². The van der Waals surface area contributed by atoms with Crippen LogP contribution in [0.25, 0.3) is 0 Å². The van der Waals surface area contributed by atoms with E-state index in [0.717, 1.165) is 17.0 Å². The Hall–Kier alpha value is -1.69. The lowest BCUT2D eigenvalue weighted by Crippen LogP contribution is -2.40. The Bertz CT molecular complexity index is 507. The fourth-order valence-corrected chi connectivity index (χ4v) is 1.39. The van der Waals surface area contributed by atoms with Crippen LogP contribution in [0.4, 0.5) is 8.78 Å². The van der Waals surface area contributed by atoms with Crippen LogP contribution in [0.3, 0.4) is 0 Å². The Morgan fingerprint density at radius 3 is 2.44 bits per heavy atom. The molecule has 0 heterocycles. The van der Waals surface area contributed by atoms with E-state index in [2.05, 4.69) is 0 Å². The van der Waals surface area contributed by atoms with Crippen LogP contribution in [0.15, 0.2) is 12.1 Å². The second-order valence-corrected chi connectivity index (χ2v) is 4.03. The standard InChI is InChI=1S/C11H10ClF2NO3/c1-5(11(17)18)15(2)10(16)6-3-4-7(13)8(12)9(6)14/h3-5H,1-2H3,(H,17,18). The van der Waals surface area contributed by atoms with E-state index in [1.54, 1.807) is 0 Å². The molecule has 0 bridgehead atoms. The SMILES string of the molecule is CC(C(=O)O)N(C)C(=O)c1ccc(F)c(Cl)c1F. The maximum Gasteiger partial charge on any atom is 0.326 e. The van der Waals surface area contributed by atoms with E-state index in [1.807, 2.05) is 0 Å². The molecule has 7 heteroatoms. The number of carbonyl (C=O) groups is 2. The summed E-state index contributed by atoms with van der Waals surface area (Å²) in [6.45, 7) is 1.27. The smallest absolute Gasteiger partial charge is 0.326 e. The molecule has 4 nitrogen and oxygen atoms in total. The van der Waals surface area contributed by atoms with E-state index in [4.69, 9.17) is 16.7 Å². The fourth-order valence-electron chi connectivity index (χ4n) is 1.22. The molecule has 98 valence electrons. The Morgan fingerprint density at radius 2 is 1.94 bits per heavy atom. The lowest BCUT2D eigenvalue weighted by molar-refractivity contribution is -0.141. The van der Waals surface area contributed by atoms with Crippen LogP contribution in [0.5, 0.6) is 0 Å². The van der Waals surface area contributed by atoms with E-state index in [9.17, 15) is 18.4 Å². The maximum absolute atomic E-state index is 13.6. The number of likely N-dealkylation sites (N-methyl/N-ethyl adjacent to an activating group) is 1. The van der Waals surface area contributed by atoms with Crippen LogP contribution in [0.1, 0.15) is 17.3 Å². The molecule has 0 aliphatic heterocycles. The molecule has 0 saturated carbocycles. The van der Waals surface area contributed by atoms with Crippen molar-refractivity contribution in [3.8, 4) is 0 Å². The van der Waals surface area contributed by atoms with E-state index in [1.165, 1.54) is 14.0 Å². The summed E-state index contributed by atoms with van der Waals surface area (Å²) >= 11 is 5.34. The van der Waals surface area contributed by atoms with Crippen LogP contribution in [-0.4, -0.2) is 35.0 Å². The minimum absolute atomic E-state index is 0.475. The van der Waals surface area contributed by atoms with Gasteiger partial charge in [0.2, 0.25) is 0 Å². The molecule has 1 atom stereocenters. The highest BCUT2D eigenvalue weighted by Crippen LogP contribution is 2.23. The third-order valence-corrected chi connectivity index (χ3v) is 2.87. The first kappa shape index (κ1) is 14.4. The van der Waals surface area contributed by atoms with Gasteiger partial charge in [-0.15, -0.1) is 0 Å². The predicted octanol–water partition coefficient (Wildman–Crippen LogP) is 2.16. The summed E-state index contributed by atoms with van der Waals surface area (Å²) in [5, 5.41) is 7.95. The molecular weight excluding hydrogens is 268 g/mol. The molecule has 18 heavy (non-hydrogen) atoms. The van der Waals surface area contributed by atoms with Crippen molar-refractivity contribution in [3.63, 3.8) is 0 Å². The number of aliphatic carboxylic acids is 1. The van der Waals surface area contributed by atoms with Crippen LogP contribution < -0.4 is 0 Å². The van der Waals surface area contributed by atoms with E-state index in [0.29, 0.717) is 0 Å². The molecule has 1 N–H and O–H groups in total. The van der Waals surface area contributed by atoms with Crippen LogP contribution in [0, 0.1) is 11.6 Å². The molecule has 0 aliphatic rings. The molecule has 0 aromatic heterocycles. The van der Waals surface area contributed by atoms with E-state index in [-0.39, 0.29) is 0 Å². The van der Waals surface area contributed by atoms with Gasteiger partial charge in [-0.25, -0.2) is 13.6 Å².